The van der Waals surface area contributed by atoms with Gasteiger partial charge in [-0.15, -0.1) is 0 Å². The van der Waals surface area contributed by atoms with Crippen LogP contribution in [0.1, 0.15) is 36.3 Å². The molecule has 0 spiro atoms. The minimum absolute atomic E-state index is 0.0538. The van der Waals surface area contributed by atoms with Crippen molar-refractivity contribution in [1.82, 2.24) is 30.6 Å². The fourth-order valence-electron chi connectivity index (χ4n) is 3.75. The van der Waals surface area contributed by atoms with E-state index in [0.29, 0.717) is 16.7 Å². The number of hydrogen-bond acceptors (Lipinski definition) is 6. The van der Waals surface area contributed by atoms with E-state index in [2.05, 4.69) is 38.2 Å². The molecule has 1 aromatic carbocycles. The summed E-state index contributed by atoms with van der Waals surface area (Å²) in [5.41, 5.74) is 9.24. The maximum Gasteiger partial charge on any atom is 0.159 e. The SMILES string of the molecule is CCC1C(Nc2cc(-n3nc(C)c(Cl)c3C)ncn2)NNC1c1ccc(F)cc1. The third-order valence-electron chi connectivity index (χ3n) is 5.33. The lowest BCUT2D eigenvalue weighted by atomic mass is 9.90. The zero-order valence-electron chi connectivity index (χ0n) is 16.4. The fourth-order valence-corrected chi connectivity index (χ4v) is 3.87. The molecule has 1 saturated heterocycles. The van der Waals surface area contributed by atoms with Crippen molar-refractivity contribution in [1.29, 1.82) is 0 Å². The predicted molar refractivity (Wildman–Crippen MR) is 110 cm³/mol. The van der Waals surface area contributed by atoms with Gasteiger partial charge in [0.1, 0.15) is 18.0 Å². The van der Waals surface area contributed by atoms with Crippen molar-refractivity contribution in [3.63, 3.8) is 0 Å². The number of hydrogen-bond donors (Lipinski definition) is 3. The molecule has 152 valence electrons. The van der Waals surface area contributed by atoms with E-state index in [1.165, 1.54) is 18.5 Å². The van der Waals surface area contributed by atoms with Crippen molar-refractivity contribution in [2.45, 2.75) is 39.4 Å². The Kier molecular flexibility index (Phi) is 5.49. The zero-order valence-corrected chi connectivity index (χ0v) is 17.2. The number of hydrazine groups is 1. The first-order valence-corrected chi connectivity index (χ1v) is 9.93. The summed E-state index contributed by atoms with van der Waals surface area (Å²) in [6.45, 7) is 5.90. The van der Waals surface area contributed by atoms with Crippen LogP contribution in [0, 0.1) is 25.6 Å². The Morgan fingerprint density at radius 2 is 1.93 bits per heavy atom. The summed E-state index contributed by atoms with van der Waals surface area (Å²) in [6, 6.07) is 8.51. The van der Waals surface area contributed by atoms with Gasteiger partial charge in [-0.3, -0.25) is 0 Å². The van der Waals surface area contributed by atoms with E-state index in [1.54, 1.807) is 4.68 Å². The smallest absolute Gasteiger partial charge is 0.159 e. The van der Waals surface area contributed by atoms with Crippen molar-refractivity contribution in [3.05, 3.63) is 64.5 Å². The average molecular weight is 416 g/mol. The van der Waals surface area contributed by atoms with Crippen LogP contribution in [0.15, 0.2) is 36.7 Å². The number of nitrogens with zero attached hydrogens (tertiary/aromatic N) is 4. The van der Waals surface area contributed by atoms with E-state index in [1.807, 2.05) is 32.0 Å². The van der Waals surface area contributed by atoms with Crippen molar-refractivity contribution in [2.75, 3.05) is 5.32 Å². The summed E-state index contributed by atoms with van der Waals surface area (Å²) < 4.78 is 15.0. The molecule has 0 amide bonds. The Balaban J connectivity index is 1.54. The van der Waals surface area contributed by atoms with Gasteiger partial charge in [-0.2, -0.15) is 5.10 Å². The molecule has 0 bridgehead atoms. The third-order valence-corrected chi connectivity index (χ3v) is 5.87. The first-order chi connectivity index (χ1) is 14.0. The van der Waals surface area contributed by atoms with Crippen LogP contribution < -0.4 is 16.2 Å². The van der Waals surface area contributed by atoms with Gasteiger partial charge < -0.3 is 5.32 Å². The average Bonchev–Trinajstić information content (AvgIpc) is 3.24. The van der Waals surface area contributed by atoms with Gasteiger partial charge in [0.15, 0.2) is 5.82 Å². The highest BCUT2D eigenvalue weighted by Crippen LogP contribution is 2.32. The second-order valence-electron chi connectivity index (χ2n) is 7.17. The lowest BCUT2D eigenvalue weighted by molar-refractivity contribution is 0.425. The van der Waals surface area contributed by atoms with Gasteiger partial charge in [0.25, 0.3) is 0 Å². The maximum atomic E-state index is 13.3. The van der Waals surface area contributed by atoms with Gasteiger partial charge in [0.05, 0.1) is 28.6 Å². The van der Waals surface area contributed by atoms with Crippen LogP contribution in [-0.2, 0) is 0 Å². The molecule has 1 aliphatic rings. The van der Waals surface area contributed by atoms with E-state index in [9.17, 15) is 4.39 Å². The predicted octanol–water partition coefficient (Wildman–Crippen LogP) is 3.68. The van der Waals surface area contributed by atoms with Gasteiger partial charge in [0, 0.05) is 12.0 Å². The molecule has 7 nitrogen and oxygen atoms in total. The van der Waals surface area contributed by atoms with E-state index in [0.717, 1.165) is 23.4 Å². The molecule has 3 unspecified atom stereocenters. The minimum Gasteiger partial charge on any atom is -0.353 e. The Morgan fingerprint density at radius 3 is 2.59 bits per heavy atom. The van der Waals surface area contributed by atoms with E-state index in [-0.39, 0.29) is 23.9 Å². The molecule has 0 saturated carbocycles. The monoisotopic (exact) mass is 415 g/mol. The number of halogens is 2. The molecule has 3 atom stereocenters. The minimum atomic E-state index is -0.236. The standard InChI is InChI=1S/C20H23ClFN7/c1-4-15-19(13-5-7-14(22)8-6-13)26-27-20(15)25-16-9-17(24-10-23-16)29-12(3)18(21)11(2)28-29/h5-10,15,19-20,26-27H,4H2,1-3H3,(H,23,24,25). The largest absolute Gasteiger partial charge is 0.353 e. The lowest BCUT2D eigenvalue weighted by Crippen LogP contribution is -2.38. The Morgan fingerprint density at radius 1 is 1.17 bits per heavy atom. The number of aryl methyl sites for hydroxylation is 1. The van der Waals surface area contributed by atoms with E-state index >= 15 is 0 Å². The molecule has 3 N–H and O–H groups in total. The summed E-state index contributed by atoms with van der Waals surface area (Å²) >= 11 is 6.26. The van der Waals surface area contributed by atoms with Gasteiger partial charge in [0.2, 0.25) is 0 Å². The summed E-state index contributed by atoms with van der Waals surface area (Å²) in [5, 5.41) is 8.51. The van der Waals surface area contributed by atoms with Crippen LogP contribution in [-0.4, -0.2) is 25.9 Å². The van der Waals surface area contributed by atoms with Crippen molar-refractivity contribution < 1.29 is 4.39 Å². The fraction of sp³-hybridized carbons (Fsp3) is 0.350. The van der Waals surface area contributed by atoms with Crippen LogP contribution in [0.3, 0.4) is 0 Å². The lowest BCUT2D eigenvalue weighted by Gasteiger charge is -2.23. The number of benzene rings is 1. The summed E-state index contributed by atoms with van der Waals surface area (Å²) in [4.78, 5) is 8.68. The zero-order chi connectivity index (χ0) is 20.5. The molecule has 29 heavy (non-hydrogen) atoms. The van der Waals surface area contributed by atoms with Gasteiger partial charge in [-0.05, 0) is 38.0 Å². The van der Waals surface area contributed by atoms with Crippen LogP contribution >= 0.6 is 11.6 Å². The molecule has 9 heteroatoms. The third kappa shape index (κ3) is 3.83. The molecule has 3 aromatic rings. The first kappa shape index (κ1) is 19.8. The van der Waals surface area contributed by atoms with Crippen LogP contribution in [0.25, 0.3) is 5.82 Å². The van der Waals surface area contributed by atoms with Crippen LogP contribution in [0.4, 0.5) is 10.2 Å². The van der Waals surface area contributed by atoms with Gasteiger partial charge in [-0.25, -0.2) is 29.9 Å². The molecule has 1 aliphatic heterocycles. The summed E-state index contributed by atoms with van der Waals surface area (Å²) in [7, 11) is 0. The molecule has 0 aliphatic carbocycles. The molecule has 2 aromatic heterocycles. The quantitative estimate of drug-likeness (QED) is 0.589. The second kappa shape index (κ2) is 8.06. The highest BCUT2D eigenvalue weighted by Gasteiger charge is 2.35. The maximum absolute atomic E-state index is 13.3. The molecule has 0 radical (unpaired) electrons. The molecule has 3 heterocycles. The summed E-state index contributed by atoms with van der Waals surface area (Å²) in [6.07, 6.45) is 2.37. The number of rotatable bonds is 5. The van der Waals surface area contributed by atoms with E-state index < -0.39 is 0 Å². The topological polar surface area (TPSA) is 79.7 Å². The molecule has 4 rings (SSSR count). The summed E-state index contributed by atoms with van der Waals surface area (Å²) in [5.74, 6) is 1.32. The molecular formula is C20H23ClFN7. The molecule has 1 fully saturated rings. The highest BCUT2D eigenvalue weighted by molar-refractivity contribution is 6.31. The number of aromatic nitrogens is 4. The van der Waals surface area contributed by atoms with Crippen molar-refractivity contribution in [3.8, 4) is 5.82 Å². The highest BCUT2D eigenvalue weighted by atomic mass is 35.5. The van der Waals surface area contributed by atoms with E-state index in [4.69, 9.17) is 11.6 Å². The van der Waals surface area contributed by atoms with Crippen LogP contribution in [0.5, 0.6) is 0 Å². The Hall–Kier alpha value is -2.55. The van der Waals surface area contributed by atoms with Crippen LogP contribution in [0.2, 0.25) is 5.02 Å². The molecular weight excluding hydrogens is 393 g/mol. The van der Waals surface area contributed by atoms with Crippen molar-refractivity contribution >= 4 is 17.4 Å². The Bertz CT molecular complexity index is 1000. The second-order valence-corrected chi connectivity index (χ2v) is 7.55. The normalized spacial score (nSPS) is 21.5. The van der Waals surface area contributed by atoms with Crippen molar-refractivity contribution in [2.24, 2.45) is 5.92 Å². The number of nitrogens with one attached hydrogen (secondary N) is 3. The van der Waals surface area contributed by atoms with Gasteiger partial charge >= 0.3 is 0 Å². The first-order valence-electron chi connectivity index (χ1n) is 9.55. The van der Waals surface area contributed by atoms with Gasteiger partial charge in [-0.1, -0.05) is 30.7 Å². The Labute approximate surface area is 173 Å². The number of anilines is 1.